The number of hydrogen-bond donors (Lipinski definition) is 6. The number of halogens is 1. The summed E-state index contributed by atoms with van der Waals surface area (Å²) >= 11 is 1.22. The summed E-state index contributed by atoms with van der Waals surface area (Å²) in [4.78, 5) is 44.5. The molecule has 3 aromatic rings. The molecule has 2 aromatic carbocycles. The number of nitrogens with zero attached hydrogens (tertiary/aromatic N) is 2. The molecule has 0 saturated heterocycles. The lowest BCUT2D eigenvalue weighted by atomic mass is 9.92. The van der Waals surface area contributed by atoms with Crippen LogP contribution in [0.3, 0.4) is 0 Å². The van der Waals surface area contributed by atoms with Crippen LogP contribution in [-0.4, -0.2) is 74.0 Å². The minimum absolute atomic E-state index is 0.134. The van der Waals surface area contributed by atoms with E-state index >= 15 is 0 Å². The van der Waals surface area contributed by atoms with Gasteiger partial charge < -0.3 is 31.5 Å². The number of aliphatic hydroxyl groups excluding tert-OH is 3. The summed E-state index contributed by atoms with van der Waals surface area (Å²) in [6, 6.07) is 8.20. The van der Waals surface area contributed by atoms with Gasteiger partial charge in [-0.1, -0.05) is 12.5 Å². The highest BCUT2D eigenvalue weighted by atomic mass is 32.1. The number of aryl methyl sites for hydroxylation is 1. The van der Waals surface area contributed by atoms with E-state index in [0.717, 1.165) is 0 Å². The first-order chi connectivity index (χ1) is 20.4. The first kappa shape index (κ1) is 31.3. The van der Waals surface area contributed by atoms with Crippen molar-refractivity contribution in [3.05, 3.63) is 81.9 Å². The number of Topliss-reactive ketones (excluding diaryl/α,β-unsaturated/α-hetero) is 1. The van der Waals surface area contributed by atoms with E-state index in [1.807, 2.05) is 0 Å². The van der Waals surface area contributed by atoms with E-state index in [9.17, 15) is 39.2 Å². The zero-order valence-corrected chi connectivity index (χ0v) is 24.2. The van der Waals surface area contributed by atoms with Crippen LogP contribution >= 0.6 is 11.3 Å². The number of aromatic nitrogens is 1. The van der Waals surface area contributed by atoms with Crippen molar-refractivity contribution in [3.8, 4) is 17.0 Å². The number of nitrogens with one attached hydrogen (secondary N) is 1. The Balaban J connectivity index is 1.71. The Hall–Kier alpha value is -4.59. The van der Waals surface area contributed by atoms with Crippen LogP contribution in [0.4, 0.5) is 15.2 Å². The number of phenolic OH excluding ortho intramolecular Hbond substituents is 1. The number of nitrogens with two attached hydrogens (primary N) is 1. The molecule has 2 atom stereocenters. The molecule has 226 valence electrons. The maximum Gasteiger partial charge on any atom is 0.255 e. The van der Waals surface area contributed by atoms with Gasteiger partial charge >= 0.3 is 0 Å². The molecule has 43 heavy (non-hydrogen) atoms. The summed E-state index contributed by atoms with van der Waals surface area (Å²) in [5, 5.41) is 48.1. The predicted molar refractivity (Wildman–Crippen MR) is 159 cm³/mol. The second-order valence-electron chi connectivity index (χ2n) is 10.2. The van der Waals surface area contributed by atoms with E-state index in [-0.39, 0.29) is 23.5 Å². The molecule has 0 bridgehead atoms. The maximum atomic E-state index is 13.4. The van der Waals surface area contributed by atoms with Gasteiger partial charge in [-0.15, -0.1) is 11.3 Å². The van der Waals surface area contributed by atoms with Crippen molar-refractivity contribution in [2.45, 2.75) is 37.8 Å². The standard InChI is InChI=1S/C30H31FN4O7S/c1-35(2)20-6-4-3-5-16-9-12-18(33-30-34-19(14-43-30)15-7-10-17(31)11-8-15)25(38)23(16)21(36)13-22(37)27(40)28(41)24(26(20)39)29(32)42/h7-14,20,27,37-40H,3-6H2,1-2H3,(H2,32,42)(H,33,34)/b22-13-,26-24-/t20-,27-/m0/s1. The molecular weight excluding hydrogens is 579 g/mol. The summed E-state index contributed by atoms with van der Waals surface area (Å²) in [5.74, 6) is -6.17. The Labute approximate surface area is 250 Å². The number of carbonyl (C=O) groups excluding carboxylic acids is 3. The average Bonchev–Trinajstić information content (AvgIpc) is 3.41. The number of anilines is 2. The quantitative estimate of drug-likeness (QED) is 0.183. The number of rotatable bonds is 5. The highest BCUT2D eigenvalue weighted by molar-refractivity contribution is 7.14. The number of aromatic hydroxyl groups is 1. The molecule has 7 N–H and O–H groups in total. The third-order valence-electron chi connectivity index (χ3n) is 7.07. The van der Waals surface area contributed by atoms with Gasteiger partial charge in [0.2, 0.25) is 5.78 Å². The fourth-order valence-corrected chi connectivity index (χ4v) is 5.54. The zero-order chi connectivity index (χ0) is 31.4. The Morgan fingerprint density at radius 3 is 2.44 bits per heavy atom. The largest absolute Gasteiger partial charge is 0.510 e. The van der Waals surface area contributed by atoms with E-state index in [2.05, 4.69) is 10.3 Å². The van der Waals surface area contributed by atoms with Crippen LogP contribution in [0.2, 0.25) is 0 Å². The number of primary amides is 1. The Kier molecular flexibility index (Phi) is 9.59. The van der Waals surface area contributed by atoms with Crippen LogP contribution in [0.25, 0.3) is 11.3 Å². The van der Waals surface area contributed by atoms with Gasteiger partial charge in [0.1, 0.15) is 22.9 Å². The lowest BCUT2D eigenvalue weighted by molar-refractivity contribution is -0.126. The molecular formula is C30H31FN4O7S. The van der Waals surface area contributed by atoms with Crippen molar-refractivity contribution in [2.24, 2.45) is 5.73 Å². The third-order valence-corrected chi connectivity index (χ3v) is 7.82. The Bertz CT molecular complexity index is 1610. The monoisotopic (exact) mass is 610 g/mol. The number of thiazole rings is 1. The molecule has 4 rings (SSSR count). The van der Waals surface area contributed by atoms with Crippen LogP contribution in [0.5, 0.6) is 5.75 Å². The molecule has 13 heteroatoms. The van der Waals surface area contributed by atoms with Gasteiger partial charge in [-0.2, -0.15) is 0 Å². The molecule has 1 aromatic heterocycles. The van der Waals surface area contributed by atoms with Crippen molar-refractivity contribution < 1.29 is 39.2 Å². The van der Waals surface area contributed by atoms with Crippen molar-refractivity contribution in [1.29, 1.82) is 0 Å². The van der Waals surface area contributed by atoms with Gasteiger partial charge in [0.25, 0.3) is 5.91 Å². The number of aliphatic hydroxyl groups is 3. The van der Waals surface area contributed by atoms with E-state index in [1.165, 1.54) is 23.5 Å². The van der Waals surface area contributed by atoms with Crippen LogP contribution in [0.1, 0.15) is 35.2 Å². The second kappa shape index (κ2) is 13.2. The average molecular weight is 611 g/mol. The first-order valence-corrected chi connectivity index (χ1v) is 14.2. The number of amides is 1. The summed E-state index contributed by atoms with van der Waals surface area (Å²) in [6.07, 6.45) is -0.218. The number of allylic oxidation sites excluding steroid dienone is 1. The SMILES string of the molecule is CN(C)[C@H]1CCCCc2ccc(Nc3nc(-c4ccc(F)cc4)cs3)c(O)c2C(=O)/C=C(\O)[C@H](O)C(=O)/C(C(N)=O)=C\1O. The lowest BCUT2D eigenvalue weighted by Crippen LogP contribution is -2.37. The fraction of sp³-hybridized carbons (Fsp3) is 0.267. The molecule has 1 aliphatic carbocycles. The molecule has 0 fully saturated rings. The molecule has 11 nitrogen and oxygen atoms in total. The molecule has 0 unspecified atom stereocenters. The minimum Gasteiger partial charge on any atom is -0.510 e. The van der Waals surface area contributed by atoms with Crippen molar-refractivity contribution in [1.82, 2.24) is 9.88 Å². The normalized spacial score (nSPS) is 21.6. The Morgan fingerprint density at radius 1 is 1.09 bits per heavy atom. The van der Waals surface area contributed by atoms with E-state index in [0.29, 0.717) is 47.3 Å². The zero-order valence-electron chi connectivity index (χ0n) is 23.4. The maximum absolute atomic E-state index is 13.4. The van der Waals surface area contributed by atoms with E-state index in [1.54, 1.807) is 48.6 Å². The number of hydrogen-bond acceptors (Lipinski definition) is 11. The second-order valence-corrected chi connectivity index (χ2v) is 11.1. The van der Waals surface area contributed by atoms with Gasteiger partial charge in [0, 0.05) is 17.0 Å². The van der Waals surface area contributed by atoms with Crippen molar-refractivity contribution in [3.63, 3.8) is 0 Å². The van der Waals surface area contributed by atoms with Crippen LogP contribution in [0.15, 0.2) is 64.9 Å². The molecule has 0 aliphatic heterocycles. The highest BCUT2D eigenvalue weighted by Gasteiger charge is 2.34. The first-order valence-electron chi connectivity index (χ1n) is 13.3. The number of carbonyl (C=O) groups is 3. The predicted octanol–water partition coefficient (Wildman–Crippen LogP) is 3.91. The third kappa shape index (κ3) is 6.91. The molecule has 0 spiro atoms. The van der Waals surface area contributed by atoms with Gasteiger partial charge in [0.15, 0.2) is 22.8 Å². The molecule has 0 radical (unpaired) electrons. The summed E-state index contributed by atoms with van der Waals surface area (Å²) in [6.45, 7) is 0. The topological polar surface area (TPSA) is 186 Å². The Morgan fingerprint density at radius 2 is 1.79 bits per heavy atom. The van der Waals surface area contributed by atoms with Gasteiger partial charge in [-0.25, -0.2) is 9.37 Å². The molecule has 1 aliphatic rings. The van der Waals surface area contributed by atoms with Gasteiger partial charge in [-0.3, -0.25) is 19.3 Å². The van der Waals surface area contributed by atoms with Crippen molar-refractivity contribution in [2.75, 3.05) is 19.4 Å². The molecule has 0 saturated carbocycles. The number of likely N-dealkylation sites (N-methyl/N-ethyl adjacent to an activating group) is 1. The molecule has 1 heterocycles. The fourth-order valence-electron chi connectivity index (χ4n) is 4.81. The van der Waals surface area contributed by atoms with Gasteiger partial charge in [0.05, 0.1) is 23.0 Å². The van der Waals surface area contributed by atoms with Crippen LogP contribution < -0.4 is 11.1 Å². The summed E-state index contributed by atoms with van der Waals surface area (Å²) < 4.78 is 13.3. The summed E-state index contributed by atoms with van der Waals surface area (Å²) in [5.41, 5.74) is 6.13. The number of phenols is 1. The van der Waals surface area contributed by atoms with E-state index < -0.39 is 52.5 Å². The van der Waals surface area contributed by atoms with E-state index in [4.69, 9.17) is 5.73 Å². The lowest BCUT2D eigenvalue weighted by Gasteiger charge is -2.25. The number of ketones is 2. The number of fused-ring (bicyclic) bond motifs is 1. The van der Waals surface area contributed by atoms with Crippen LogP contribution in [0, 0.1) is 5.82 Å². The summed E-state index contributed by atoms with van der Waals surface area (Å²) in [7, 11) is 3.26. The van der Waals surface area contributed by atoms with Crippen LogP contribution in [-0.2, 0) is 16.0 Å². The van der Waals surface area contributed by atoms with Gasteiger partial charge in [-0.05, 0) is 69.3 Å². The van der Waals surface area contributed by atoms with Crippen molar-refractivity contribution >= 4 is 39.6 Å². The smallest absolute Gasteiger partial charge is 0.255 e. The molecule has 1 amide bonds. The minimum atomic E-state index is -2.38. The highest BCUT2D eigenvalue weighted by Crippen LogP contribution is 2.36. The number of benzene rings is 2.